The van der Waals surface area contributed by atoms with Crippen LogP contribution in [-0.4, -0.2) is 41.5 Å². The number of nitrogens with zero attached hydrogens (tertiary/aromatic N) is 2. The minimum absolute atomic E-state index is 0.00447. The normalized spacial score (nSPS) is 14.5. The van der Waals surface area contributed by atoms with Crippen molar-refractivity contribution < 1.29 is 23.2 Å². The number of para-hydroxylation sites is 2. The summed E-state index contributed by atoms with van der Waals surface area (Å²) in [6.07, 6.45) is 1.04. The summed E-state index contributed by atoms with van der Waals surface area (Å²) in [6, 6.07) is 9.44. The lowest BCUT2D eigenvalue weighted by Gasteiger charge is -2.32. The molecule has 0 aromatic heterocycles. The summed E-state index contributed by atoms with van der Waals surface area (Å²) in [5.74, 6) is -1.47. The first-order chi connectivity index (χ1) is 13.9. The van der Waals surface area contributed by atoms with Gasteiger partial charge >= 0.3 is 0 Å². The third-order valence-corrected chi connectivity index (χ3v) is 4.74. The summed E-state index contributed by atoms with van der Waals surface area (Å²) in [5.41, 5.74) is 0.338. The van der Waals surface area contributed by atoms with Gasteiger partial charge in [0.05, 0.1) is 4.92 Å². The van der Waals surface area contributed by atoms with E-state index in [1.807, 2.05) is 0 Å². The molecule has 3 rings (SSSR count). The SMILES string of the molecule is O=C(CCNc1ccccc1[N+](=O)[O-])N1CCC(Oc2ccc(F)cc2F)CC1. The molecule has 2 aromatic carbocycles. The first-order valence-electron chi connectivity index (χ1n) is 9.31. The van der Waals surface area contributed by atoms with E-state index in [9.17, 15) is 23.7 Å². The van der Waals surface area contributed by atoms with Gasteiger partial charge in [-0.2, -0.15) is 0 Å². The molecule has 29 heavy (non-hydrogen) atoms. The van der Waals surface area contributed by atoms with Gasteiger partial charge in [0.2, 0.25) is 5.91 Å². The second-order valence-electron chi connectivity index (χ2n) is 6.72. The van der Waals surface area contributed by atoms with Crippen LogP contribution in [0.3, 0.4) is 0 Å². The maximum Gasteiger partial charge on any atom is 0.292 e. The van der Waals surface area contributed by atoms with Crippen LogP contribution >= 0.6 is 0 Å². The number of nitro groups is 1. The fraction of sp³-hybridized carbons (Fsp3) is 0.350. The molecule has 0 atom stereocenters. The first-order valence-corrected chi connectivity index (χ1v) is 9.31. The number of benzene rings is 2. The molecule has 7 nitrogen and oxygen atoms in total. The molecular weight excluding hydrogens is 384 g/mol. The van der Waals surface area contributed by atoms with E-state index in [4.69, 9.17) is 4.74 Å². The van der Waals surface area contributed by atoms with Crippen molar-refractivity contribution in [3.8, 4) is 5.75 Å². The second-order valence-corrected chi connectivity index (χ2v) is 6.72. The Morgan fingerprint density at radius 3 is 2.62 bits per heavy atom. The molecule has 0 aliphatic carbocycles. The van der Waals surface area contributed by atoms with Gasteiger partial charge in [-0.1, -0.05) is 12.1 Å². The number of rotatable bonds is 7. The third-order valence-electron chi connectivity index (χ3n) is 4.74. The number of hydrogen-bond acceptors (Lipinski definition) is 5. The minimum Gasteiger partial charge on any atom is -0.487 e. The Morgan fingerprint density at radius 1 is 1.21 bits per heavy atom. The quantitative estimate of drug-likeness (QED) is 0.560. The molecule has 0 spiro atoms. The van der Waals surface area contributed by atoms with Crippen molar-refractivity contribution in [2.24, 2.45) is 0 Å². The van der Waals surface area contributed by atoms with E-state index in [-0.39, 0.29) is 36.4 Å². The van der Waals surface area contributed by atoms with Crippen LogP contribution in [0.1, 0.15) is 19.3 Å². The lowest BCUT2D eigenvalue weighted by molar-refractivity contribution is -0.384. The molecule has 1 heterocycles. The van der Waals surface area contributed by atoms with E-state index < -0.39 is 16.6 Å². The zero-order chi connectivity index (χ0) is 20.8. The van der Waals surface area contributed by atoms with Crippen LogP contribution in [0.2, 0.25) is 0 Å². The zero-order valence-electron chi connectivity index (χ0n) is 15.6. The van der Waals surface area contributed by atoms with Gasteiger partial charge in [0.15, 0.2) is 11.6 Å². The fourth-order valence-electron chi connectivity index (χ4n) is 3.22. The van der Waals surface area contributed by atoms with Crippen molar-refractivity contribution in [1.82, 2.24) is 4.90 Å². The van der Waals surface area contributed by atoms with Crippen LogP contribution in [0.5, 0.6) is 5.75 Å². The largest absolute Gasteiger partial charge is 0.487 e. The molecule has 0 unspecified atom stereocenters. The smallest absolute Gasteiger partial charge is 0.292 e. The van der Waals surface area contributed by atoms with Gasteiger partial charge in [0.1, 0.15) is 17.6 Å². The number of hydrogen-bond donors (Lipinski definition) is 1. The number of anilines is 1. The summed E-state index contributed by atoms with van der Waals surface area (Å²) < 4.78 is 32.2. The van der Waals surface area contributed by atoms with Crippen LogP contribution in [0, 0.1) is 21.7 Å². The van der Waals surface area contributed by atoms with Crippen LogP contribution in [-0.2, 0) is 4.79 Å². The van der Waals surface area contributed by atoms with Gasteiger partial charge in [-0.15, -0.1) is 0 Å². The average molecular weight is 405 g/mol. The summed E-state index contributed by atoms with van der Waals surface area (Å²) in [5, 5.41) is 13.9. The van der Waals surface area contributed by atoms with Gasteiger partial charge in [-0.05, 0) is 18.2 Å². The Hall–Kier alpha value is -3.23. The first kappa shape index (κ1) is 20.5. The highest BCUT2D eigenvalue weighted by molar-refractivity contribution is 5.77. The molecule has 1 N–H and O–H groups in total. The fourth-order valence-corrected chi connectivity index (χ4v) is 3.22. The maximum absolute atomic E-state index is 13.7. The molecule has 1 saturated heterocycles. The number of carbonyl (C=O) groups is 1. The number of piperidine rings is 1. The van der Waals surface area contributed by atoms with Crippen molar-refractivity contribution in [3.05, 3.63) is 64.2 Å². The Morgan fingerprint density at radius 2 is 1.93 bits per heavy atom. The molecular formula is C20H21F2N3O4. The van der Waals surface area contributed by atoms with Crippen LogP contribution < -0.4 is 10.1 Å². The van der Waals surface area contributed by atoms with Crippen molar-refractivity contribution in [2.75, 3.05) is 25.0 Å². The molecule has 1 aliphatic heterocycles. The number of ether oxygens (including phenoxy) is 1. The van der Waals surface area contributed by atoms with Crippen molar-refractivity contribution >= 4 is 17.3 Å². The van der Waals surface area contributed by atoms with Crippen LogP contribution in [0.15, 0.2) is 42.5 Å². The van der Waals surface area contributed by atoms with Gasteiger partial charge in [-0.25, -0.2) is 8.78 Å². The van der Waals surface area contributed by atoms with Crippen LogP contribution in [0.25, 0.3) is 0 Å². The number of amides is 1. The Bertz CT molecular complexity index is 886. The third kappa shape index (κ3) is 5.40. The number of nitro benzene ring substituents is 1. The standard InChI is InChI=1S/C20H21F2N3O4/c21-14-5-6-19(16(22)13-14)29-15-8-11-24(12-9-15)20(26)7-10-23-17-3-1-2-4-18(17)25(27)28/h1-6,13,15,23H,7-12H2. The maximum atomic E-state index is 13.7. The second kappa shape index (κ2) is 9.31. The minimum atomic E-state index is -0.746. The molecule has 0 saturated carbocycles. The average Bonchev–Trinajstić information content (AvgIpc) is 2.71. The zero-order valence-corrected chi connectivity index (χ0v) is 15.6. The molecule has 0 bridgehead atoms. The summed E-state index contributed by atoms with van der Waals surface area (Å²) in [6.45, 7) is 1.22. The van der Waals surface area contributed by atoms with Crippen molar-refractivity contribution in [1.29, 1.82) is 0 Å². The molecule has 1 fully saturated rings. The molecule has 2 aromatic rings. The van der Waals surface area contributed by atoms with Crippen molar-refractivity contribution in [2.45, 2.75) is 25.4 Å². The number of halogens is 2. The lowest BCUT2D eigenvalue weighted by atomic mass is 10.1. The summed E-state index contributed by atoms with van der Waals surface area (Å²) >= 11 is 0. The Kier molecular flexibility index (Phi) is 6.58. The number of nitrogens with one attached hydrogen (secondary N) is 1. The van der Waals surface area contributed by atoms with Gasteiger partial charge in [0, 0.05) is 51.0 Å². The van der Waals surface area contributed by atoms with E-state index in [0.29, 0.717) is 31.6 Å². The van der Waals surface area contributed by atoms with Crippen LogP contribution in [0.4, 0.5) is 20.2 Å². The molecule has 0 radical (unpaired) electrons. The summed E-state index contributed by atoms with van der Waals surface area (Å²) in [7, 11) is 0. The highest BCUT2D eigenvalue weighted by atomic mass is 19.1. The van der Waals surface area contributed by atoms with E-state index in [0.717, 1.165) is 12.1 Å². The monoisotopic (exact) mass is 405 g/mol. The van der Waals surface area contributed by atoms with Crippen molar-refractivity contribution in [3.63, 3.8) is 0 Å². The predicted octanol–water partition coefficient (Wildman–Crippen LogP) is 3.75. The van der Waals surface area contributed by atoms with E-state index in [1.165, 1.54) is 12.1 Å². The molecule has 9 heteroatoms. The molecule has 1 aliphatic rings. The van der Waals surface area contributed by atoms with E-state index >= 15 is 0 Å². The predicted molar refractivity (Wildman–Crippen MR) is 103 cm³/mol. The highest BCUT2D eigenvalue weighted by Gasteiger charge is 2.24. The number of carbonyl (C=O) groups excluding carboxylic acids is 1. The Balaban J connectivity index is 1.44. The lowest BCUT2D eigenvalue weighted by Crippen LogP contribution is -2.42. The van der Waals surface area contributed by atoms with Gasteiger partial charge in [-0.3, -0.25) is 14.9 Å². The van der Waals surface area contributed by atoms with Gasteiger partial charge < -0.3 is 15.0 Å². The Labute approximate surface area is 166 Å². The molecule has 1 amide bonds. The molecule has 154 valence electrons. The van der Waals surface area contributed by atoms with Gasteiger partial charge in [0.25, 0.3) is 5.69 Å². The highest BCUT2D eigenvalue weighted by Crippen LogP contribution is 2.24. The summed E-state index contributed by atoms with van der Waals surface area (Å²) in [4.78, 5) is 24.6. The topological polar surface area (TPSA) is 84.7 Å². The van der Waals surface area contributed by atoms with E-state index in [1.54, 1.807) is 23.1 Å². The number of likely N-dealkylation sites (tertiary alicyclic amines) is 1. The van der Waals surface area contributed by atoms with E-state index in [2.05, 4.69) is 5.32 Å².